The van der Waals surface area contributed by atoms with Crippen LogP contribution in [-0.4, -0.2) is 38.6 Å². The Labute approximate surface area is 109 Å². The van der Waals surface area contributed by atoms with Crippen molar-refractivity contribution in [2.75, 3.05) is 6.61 Å². The van der Waals surface area contributed by atoms with Crippen LogP contribution >= 0.6 is 0 Å². The van der Waals surface area contributed by atoms with E-state index in [2.05, 4.69) is 0 Å². The molecule has 0 amide bonds. The predicted molar refractivity (Wildman–Crippen MR) is 57.9 cm³/mol. The van der Waals surface area contributed by atoms with Crippen molar-refractivity contribution in [1.29, 1.82) is 0 Å². The summed E-state index contributed by atoms with van der Waals surface area (Å²) in [6.45, 7) is -0.540. The molecule has 1 aliphatic heterocycles. The third-order valence-corrected chi connectivity index (χ3v) is 2.97. The van der Waals surface area contributed by atoms with Gasteiger partial charge in [-0.05, 0) is 0 Å². The van der Waals surface area contributed by atoms with Crippen LogP contribution in [0.1, 0.15) is 18.2 Å². The van der Waals surface area contributed by atoms with Crippen molar-refractivity contribution in [1.82, 2.24) is 9.55 Å². The second kappa shape index (κ2) is 5.04. The van der Waals surface area contributed by atoms with E-state index in [9.17, 15) is 27.9 Å². The second-order valence-electron chi connectivity index (χ2n) is 4.32. The van der Waals surface area contributed by atoms with Crippen molar-refractivity contribution in [3.8, 4) is 0 Å². The van der Waals surface area contributed by atoms with Gasteiger partial charge in [0.25, 0.3) is 5.56 Å². The molecule has 20 heavy (non-hydrogen) atoms. The van der Waals surface area contributed by atoms with Crippen LogP contribution in [0.3, 0.4) is 0 Å². The van der Waals surface area contributed by atoms with Gasteiger partial charge in [-0.25, -0.2) is 4.79 Å². The molecule has 0 spiro atoms. The SMILES string of the molecule is O=c1[15nH][13c](=O)[15n]([C@H]2C[C@H](O)[C@@H](CO)O2)cc1C(F)(F)F. The van der Waals surface area contributed by atoms with Crippen LogP contribution in [0.5, 0.6) is 0 Å². The van der Waals surface area contributed by atoms with Crippen LogP contribution in [0, 0.1) is 0 Å². The van der Waals surface area contributed by atoms with Crippen molar-refractivity contribution >= 4 is 0 Å². The van der Waals surface area contributed by atoms with Crippen molar-refractivity contribution in [3.05, 3.63) is 32.6 Å². The number of ether oxygens (including phenoxy) is 1. The van der Waals surface area contributed by atoms with Crippen LogP contribution in [0.4, 0.5) is 13.2 Å². The van der Waals surface area contributed by atoms with Gasteiger partial charge in [0.05, 0.1) is 12.7 Å². The number of alkyl halides is 3. The van der Waals surface area contributed by atoms with Crippen molar-refractivity contribution in [2.24, 2.45) is 0 Å². The largest absolute Gasteiger partial charge is 0.423 e. The van der Waals surface area contributed by atoms with E-state index in [1.165, 1.54) is 0 Å². The molecule has 0 radical (unpaired) electrons. The summed E-state index contributed by atoms with van der Waals surface area (Å²) in [5.74, 6) is 0. The van der Waals surface area contributed by atoms with E-state index >= 15 is 0 Å². The standard InChI is InChI=1S/C10H11F3N2O5/c11-10(12,13)4-2-15(9(19)14-8(4)18)7-1-5(17)6(3-16)20-7/h2,5-7,16-17H,1,3H2,(H,14,18,19)/t5-,6+,7+/m0/s1/i9+1,14+1,15+1. The van der Waals surface area contributed by atoms with E-state index in [1.54, 1.807) is 4.98 Å². The minimum atomic E-state index is -4.92. The summed E-state index contributed by atoms with van der Waals surface area (Å²) in [6.07, 6.45) is -8.04. The van der Waals surface area contributed by atoms with E-state index in [1.807, 2.05) is 0 Å². The Balaban J connectivity index is 2.43. The van der Waals surface area contributed by atoms with Crippen molar-refractivity contribution < 1.29 is 28.1 Å². The zero-order valence-corrected chi connectivity index (χ0v) is 9.92. The first-order valence-electron chi connectivity index (χ1n) is 5.61. The molecular weight excluding hydrogens is 288 g/mol. The first-order valence-corrected chi connectivity index (χ1v) is 5.61. The zero-order chi connectivity index (χ0) is 15.1. The predicted octanol–water partition coefficient (Wildman–Crippen LogP) is -0.804. The Morgan fingerprint density at radius 2 is 2.10 bits per heavy atom. The summed E-state index contributed by atoms with van der Waals surface area (Å²) >= 11 is 0. The molecule has 1 aromatic heterocycles. The maximum Gasteiger partial charge on any atom is 0.423 e. The van der Waals surface area contributed by atoms with Gasteiger partial charge in [-0.2, -0.15) is 13.2 Å². The van der Waals surface area contributed by atoms with Gasteiger partial charge in [0, 0.05) is 12.6 Å². The molecule has 0 aliphatic carbocycles. The lowest BCUT2D eigenvalue weighted by molar-refractivity contribution is -0.139. The number of aromatic nitrogens is 2. The molecule has 10 heteroatoms. The van der Waals surface area contributed by atoms with Gasteiger partial charge in [-0.15, -0.1) is 0 Å². The van der Waals surface area contributed by atoms with Crippen LogP contribution in [0.2, 0.25) is 0 Å². The molecule has 7 nitrogen and oxygen atoms in total. The van der Waals surface area contributed by atoms with E-state index in [-0.39, 0.29) is 6.42 Å². The number of rotatable bonds is 2. The Morgan fingerprint density at radius 3 is 2.60 bits per heavy atom. The lowest BCUT2D eigenvalue weighted by Crippen LogP contribution is -2.36. The maximum atomic E-state index is 12.6. The average Bonchev–Trinajstić information content (AvgIpc) is 2.68. The Kier molecular flexibility index (Phi) is 3.71. The van der Waals surface area contributed by atoms with Crippen LogP contribution in [0.15, 0.2) is 15.8 Å². The van der Waals surface area contributed by atoms with Gasteiger partial charge in [-0.1, -0.05) is 0 Å². The highest BCUT2D eigenvalue weighted by molar-refractivity contribution is 5.09. The minimum absolute atomic E-state index is 0.172. The fourth-order valence-corrected chi connectivity index (χ4v) is 1.95. The Bertz CT molecular complexity index is 608. The third kappa shape index (κ3) is 2.62. The summed E-state index contributed by atoms with van der Waals surface area (Å²) in [7, 11) is 0. The fourth-order valence-electron chi connectivity index (χ4n) is 1.95. The van der Waals surface area contributed by atoms with E-state index in [0.29, 0.717) is 10.8 Å². The maximum absolute atomic E-state index is 12.6. The first kappa shape index (κ1) is 14.8. The van der Waals surface area contributed by atoms with Crippen LogP contribution in [0.25, 0.3) is 0 Å². The smallest absolute Gasteiger partial charge is 0.394 e. The topological polar surface area (TPSA) is 105 Å². The Hall–Kier alpha value is -1.65. The lowest BCUT2D eigenvalue weighted by Gasteiger charge is -2.16. The van der Waals surface area contributed by atoms with Gasteiger partial charge in [0.1, 0.15) is 17.9 Å². The summed E-state index contributed by atoms with van der Waals surface area (Å²) in [4.78, 5) is 24.2. The zero-order valence-electron chi connectivity index (χ0n) is 9.92. The fraction of sp³-hybridized carbons (Fsp3) is 0.600. The summed E-state index contributed by atoms with van der Waals surface area (Å²) in [5.41, 5.74) is -4.17. The van der Waals surface area contributed by atoms with Gasteiger partial charge in [0.2, 0.25) is 0 Å². The number of H-pyrrole nitrogens is 1. The minimum Gasteiger partial charge on any atom is -0.394 e. The number of aliphatic hydroxyl groups is 2. The molecule has 3 N–H and O–H groups in total. The normalized spacial score (nSPS) is 26.9. The van der Waals surface area contributed by atoms with Gasteiger partial charge in [0.15, 0.2) is 0 Å². The highest BCUT2D eigenvalue weighted by Crippen LogP contribution is 2.30. The molecule has 1 saturated heterocycles. The van der Waals surface area contributed by atoms with Crippen molar-refractivity contribution in [3.63, 3.8) is 0 Å². The molecule has 0 unspecified atom stereocenters. The molecule has 2 rings (SSSR count). The summed E-state index contributed by atoms with van der Waals surface area (Å²) < 4.78 is 43.4. The molecule has 0 bridgehead atoms. The van der Waals surface area contributed by atoms with Gasteiger partial charge in [-0.3, -0.25) is 14.3 Å². The number of halogens is 3. The molecule has 0 aromatic carbocycles. The number of aliphatic hydroxyl groups excluding tert-OH is 2. The third-order valence-electron chi connectivity index (χ3n) is 2.97. The molecule has 1 aromatic rings. The molecule has 0 saturated carbocycles. The molecule has 1 aliphatic rings. The molecular formula is C10H11F3N2O5. The van der Waals surface area contributed by atoms with E-state index in [0.717, 1.165) is 0 Å². The number of nitrogens with zero attached hydrogens (tertiary/aromatic N) is 1. The van der Waals surface area contributed by atoms with Crippen LogP contribution < -0.4 is 11.2 Å². The number of hydrogen-bond acceptors (Lipinski definition) is 5. The van der Waals surface area contributed by atoms with Gasteiger partial charge >= 0.3 is 11.9 Å². The van der Waals surface area contributed by atoms with E-state index in [4.69, 9.17) is 9.84 Å². The monoisotopic (exact) mass is 299 g/mol. The summed E-state index contributed by atoms with van der Waals surface area (Å²) in [5, 5.41) is 18.4. The van der Waals surface area contributed by atoms with E-state index < -0.39 is 48.0 Å². The molecule has 112 valence electrons. The number of aromatic amines is 1. The number of hydrogen-bond donors (Lipinski definition) is 3. The Morgan fingerprint density at radius 1 is 1.45 bits per heavy atom. The average molecular weight is 299 g/mol. The van der Waals surface area contributed by atoms with Crippen molar-refractivity contribution in [2.45, 2.75) is 31.0 Å². The lowest BCUT2D eigenvalue weighted by atomic mass is 10.2. The van der Waals surface area contributed by atoms with Gasteiger partial charge < -0.3 is 14.9 Å². The molecule has 3 atom stereocenters. The summed E-state index contributed by atoms with van der Waals surface area (Å²) in [6, 6.07) is 0. The number of nitrogens with one attached hydrogen (secondary N) is 1. The molecule has 2 heterocycles. The highest BCUT2D eigenvalue weighted by atomic mass is 19.4. The quantitative estimate of drug-likeness (QED) is 0.663. The molecule has 1 fully saturated rings. The highest BCUT2D eigenvalue weighted by Gasteiger charge is 2.38. The second-order valence-corrected chi connectivity index (χ2v) is 4.32. The first-order chi connectivity index (χ1) is 9.24. The van der Waals surface area contributed by atoms with Crippen LogP contribution in [-0.2, 0) is 10.9 Å².